The number of furan rings is 1. The standard InChI is InChI=1S/C16H17ClN4O4S/c1-16(22)7-21(5-6-24-8-16)13-10-9-3-4-18-12(17)11(9)25-14(10)20-15(19-13)26(2)23/h3-4,22H,5-8H2,1-2H3/t16-,26?/m0/s1. The number of pyridine rings is 1. The van der Waals surface area contributed by atoms with Gasteiger partial charge in [0, 0.05) is 24.4 Å². The molecule has 3 aromatic heterocycles. The van der Waals surface area contributed by atoms with Crippen LogP contribution in [0.1, 0.15) is 6.92 Å². The zero-order chi connectivity index (χ0) is 18.5. The summed E-state index contributed by atoms with van der Waals surface area (Å²) in [5, 5.41) is 12.3. The summed E-state index contributed by atoms with van der Waals surface area (Å²) in [5.74, 6) is 0.534. The number of aliphatic hydroxyl groups is 1. The van der Waals surface area contributed by atoms with Crippen LogP contribution in [0.4, 0.5) is 5.82 Å². The van der Waals surface area contributed by atoms with E-state index in [2.05, 4.69) is 15.0 Å². The summed E-state index contributed by atoms with van der Waals surface area (Å²) in [6.45, 7) is 3.19. The predicted molar refractivity (Wildman–Crippen MR) is 98.1 cm³/mol. The molecule has 0 aliphatic carbocycles. The van der Waals surface area contributed by atoms with Gasteiger partial charge in [0.05, 0.1) is 35.9 Å². The molecule has 0 bridgehead atoms. The number of halogens is 1. The van der Waals surface area contributed by atoms with Crippen LogP contribution in [0.2, 0.25) is 5.15 Å². The molecule has 26 heavy (non-hydrogen) atoms. The summed E-state index contributed by atoms with van der Waals surface area (Å²) < 4.78 is 23.3. The normalized spacial score (nSPS) is 22.7. The lowest BCUT2D eigenvalue weighted by Gasteiger charge is -2.28. The van der Waals surface area contributed by atoms with E-state index in [0.29, 0.717) is 41.9 Å². The Kier molecular flexibility index (Phi) is 4.34. The van der Waals surface area contributed by atoms with Crippen LogP contribution < -0.4 is 4.90 Å². The van der Waals surface area contributed by atoms with Gasteiger partial charge in [0.15, 0.2) is 10.7 Å². The van der Waals surface area contributed by atoms with Crippen molar-refractivity contribution in [2.24, 2.45) is 0 Å². The van der Waals surface area contributed by atoms with E-state index in [1.165, 1.54) is 6.26 Å². The van der Waals surface area contributed by atoms with Crippen LogP contribution in [0.15, 0.2) is 21.8 Å². The second-order valence-electron chi connectivity index (χ2n) is 6.52. The van der Waals surface area contributed by atoms with Crippen molar-refractivity contribution in [2.75, 3.05) is 37.5 Å². The third-order valence-corrected chi connectivity index (χ3v) is 5.14. The molecule has 10 heteroatoms. The summed E-state index contributed by atoms with van der Waals surface area (Å²) in [6.07, 6.45) is 3.08. The zero-order valence-electron chi connectivity index (χ0n) is 14.2. The van der Waals surface area contributed by atoms with Gasteiger partial charge >= 0.3 is 0 Å². The number of ether oxygens (including phenoxy) is 1. The Morgan fingerprint density at radius 3 is 3.00 bits per heavy atom. The Hall–Kier alpha value is -1.81. The largest absolute Gasteiger partial charge is 0.434 e. The van der Waals surface area contributed by atoms with Gasteiger partial charge in [-0.25, -0.2) is 9.97 Å². The van der Waals surface area contributed by atoms with Crippen LogP contribution >= 0.6 is 11.6 Å². The van der Waals surface area contributed by atoms with Crippen LogP contribution in [0, 0.1) is 0 Å². The lowest BCUT2D eigenvalue weighted by molar-refractivity contribution is -0.0123. The molecule has 1 N–H and O–H groups in total. The highest BCUT2D eigenvalue weighted by atomic mass is 35.5. The second kappa shape index (κ2) is 6.41. The van der Waals surface area contributed by atoms with Crippen molar-refractivity contribution in [1.82, 2.24) is 15.0 Å². The Morgan fingerprint density at radius 1 is 1.42 bits per heavy atom. The monoisotopic (exact) mass is 396 g/mol. The molecule has 8 nitrogen and oxygen atoms in total. The highest BCUT2D eigenvalue weighted by Gasteiger charge is 2.31. The first-order valence-electron chi connectivity index (χ1n) is 7.99. The van der Waals surface area contributed by atoms with Gasteiger partial charge in [-0.1, -0.05) is 11.6 Å². The molecule has 2 atom stereocenters. The summed E-state index contributed by atoms with van der Waals surface area (Å²) in [5.41, 5.74) is -0.357. The van der Waals surface area contributed by atoms with Crippen molar-refractivity contribution >= 4 is 50.3 Å². The molecule has 1 unspecified atom stereocenters. The lowest BCUT2D eigenvalue weighted by atomic mass is 10.1. The highest BCUT2D eigenvalue weighted by molar-refractivity contribution is 7.84. The summed E-state index contributed by atoms with van der Waals surface area (Å²) in [6, 6.07) is 1.77. The van der Waals surface area contributed by atoms with Crippen molar-refractivity contribution in [3.63, 3.8) is 0 Å². The second-order valence-corrected chi connectivity index (χ2v) is 8.15. The molecule has 0 aromatic carbocycles. The van der Waals surface area contributed by atoms with E-state index in [9.17, 15) is 9.32 Å². The molecule has 0 spiro atoms. The number of aromatic nitrogens is 3. The van der Waals surface area contributed by atoms with Crippen molar-refractivity contribution < 1.29 is 18.5 Å². The molecule has 138 valence electrons. The number of nitrogens with zero attached hydrogens (tertiary/aromatic N) is 4. The molecular weight excluding hydrogens is 380 g/mol. The van der Waals surface area contributed by atoms with E-state index in [1.807, 2.05) is 4.90 Å². The summed E-state index contributed by atoms with van der Waals surface area (Å²) >= 11 is 6.15. The molecule has 4 rings (SSSR count). The van der Waals surface area contributed by atoms with Crippen LogP contribution in [0.25, 0.3) is 22.1 Å². The maximum absolute atomic E-state index is 12.0. The summed E-state index contributed by atoms with van der Waals surface area (Å²) in [7, 11) is -1.40. The molecule has 3 aromatic rings. The molecule has 1 fully saturated rings. The molecule has 1 saturated heterocycles. The average Bonchev–Trinajstić information content (AvgIpc) is 2.86. The van der Waals surface area contributed by atoms with Gasteiger partial charge in [-0.05, 0) is 13.0 Å². The van der Waals surface area contributed by atoms with E-state index in [0.717, 1.165) is 0 Å². The predicted octanol–water partition coefficient (Wildman–Crippen LogP) is 1.75. The van der Waals surface area contributed by atoms with Crippen molar-refractivity contribution in [1.29, 1.82) is 0 Å². The van der Waals surface area contributed by atoms with Crippen molar-refractivity contribution in [3.05, 3.63) is 17.4 Å². The molecule has 4 heterocycles. The minimum Gasteiger partial charge on any atom is -0.434 e. The topological polar surface area (TPSA) is 102 Å². The van der Waals surface area contributed by atoms with Crippen LogP contribution in [0.5, 0.6) is 0 Å². The Labute approximate surface area is 156 Å². The molecule has 1 aliphatic heterocycles. The number of rotatable bonds is 2. The van der Waals surface area contributed by atoms with Crippen LogP contribution in [-0.2, 0) is 15.5 Å². The maximum Gasteiger partial charge on any atom is 0.233 e. The molecule has 0 saturated carbocycles. The number of anilines is 1. The highest BCUT2D eigenvalue weighted by Crippen LogP contribution is 2.37. The number of hydrogen-bond donors (Lipinski definition) is 1. The van der Waals surface area contributed by atoms with Crippen LogP contribution in [0.3, 0.4) is 0 Å². The molecule has 0 amide bonds. The quantitative estimate of drug-likeness (QED) is 0.516. The smallest absolute Gasteiger partial charge is 0.233 e. The van der Waals surface area contributed by atoms with Gasteiger partial charge in [-0.3, -0.25) is 4.21 Å². The van der Waals surface area contributed by atoms with E-state index in [-0.39, 0.29) is 22.6 Å². The molecule has 1 aliphatic rings. The number of fused-ring (bicyclic) bond motifs is 3. The van der Waals surface area contributed by atoms with Gasteiger partial charge in [0.2, 0.25) is 10.9 Å². The first-order valence-corrected chi connectivity index (χ1v) is 9.92. The minimum atomic E-state index is -1.40. The van der Waals surface area contributed by atoms with E-state index < -0.39 is 16.4 Å². The Balaban J connectivity index is 2.00. The number of hydrogen-bond acceptors (Lipinski definition) is 8. The zero-order valence-corrected chi connectivity index (χ0v) is 15.8. The third kappa shape index (κ3) is 3.05. The van der Waals surface area contributed by atoms with E-state index in [1.54, 1.807) is 19.2 Å². The van der Waals surface area contributed by atoms with Crippen LogP contribution in [-0.4, -0.2) is 62.4 Å². The fraction of sp³-hybridized carbons (Fsp3) is 0.438. The maximum atomic E-state index is 12.0. The summed E-state index contributed by atoms with van der Waals surface area (Å²) in [4.78, 5) is 14.7. The third-order valence-electron chi connectivity index (χ3n) is 4.17. The van der Waals surface area contributed by atoms with Crippen molar-refractivity contribution in [3.8, 4) is 0 Å². The van der Waals surface area contributed by atoms with E-state index >= 15 is 0 Å². The SMILES string of the molecule is CS(=O)c1nc(N2CCOC[C@@](C)(O)C2)c2c(n1)oc1c(Cl)nccc12. The molecular formula is C16H17ClN4O4S. The Morgan fingerprint density at radius 2 is 2.23 bits per heavy atom. The lowest BCUT2D eigenvalue weighted by Crippen LogP contribution is -2.42. The van der Waals surface area contributed by atoms with E-state index in [4.69, 9.17) is 20.8 Å². The Bertz CT molecular complexity index is 1020. The van der Waals surface area contributed by atoms with Gasteiger partial charge in [-0.15, -0.1) is 0 Å². The fourth-order valence-electron chi connectivity index (χ4n) is 3.07. The van der Waals surface area contributed by atoms with Crippen molar-refractivity contribution in [2.45, 2.75) is 17.7 Å². The van der Waals surface area contributed by atoms with Gasteiger partial charge < -0.3 is 19.2 Å². The van der Waals surface area contributed by atoms with Gasteiger partial charge in [0.25, 0.3) is 0 Å². The number of β-amino-alcohol motifs (C(OH)–C–C–N with tert-alkyl or cyclic N) is 1. The first-order chi connectivity index (χ1) is 12.4. The van der Waals surface area contributed by atoms with Gasteiger partial charge in [0.1, 0.15) is 11.4 Å². The molecule has 0 radical (unpaired) electrons. The fourth-order valence-corrected chi connectivity index (χ4v) is 3.70. The average molecular weight is 397 g/mol. The minimum absolute atomic E-state index is 0.153. The first kappa shape index (κ1) is 17.6. The van der Waals surface area contributed by atoms with Gasteiger partial charge in [-0.2, -0.15) is 4.98 Å².